The summed E-state index contributed by atoms with van der Waals surface area (Å²) in [5.41, 5.74) is 0.611. The number of carbonyl (C=O) groups is 3. The van der Waals surface area contributed by atoms with Crippen molar-refractivity contribution in [1.82, 2.24) is 10.2 Å². The highest BCUT2D eigenvalue weighted by molar-refractivity contribution is 6.07. The van der Waals surface area contributed by atoms with E-state index in [9.17, 15) is 32.8 Å². The molecule has 1 unspecified atom stereocenters. The van der Waals surface area contributed by atoms with Crippen LogP contribution in [0.5, 0.6) is 0 Å². The van der Waals surface area contributed by atoms with Gasteiger partial charge in [0.15, 0.2) is 5.78 Å². The Morgan fingerprint density at radius 1 is 1.08 bits per heavy atom. The number of nitrogens with one attached hydrogen (secondary N) is 1. The maximum absolute atomic E-state index is 14.0. The van der Waals surface area contributed by atoms with E-state index in [1.807, 2.05) is 6.07 Å². The second-order valence-electron chi connectivity index (χ2n) is 9.41. The molecule has 2 aliphatic carbocycles. The molecule has 0 bridgehead atoms. The van der Waals surface area contributed by atoms with Crippen LogP contribution in [-0.2, 0) is 15.8 Å². The highest BCUT2D eigenvalue weighted by Crippen LogP contribution is 2.44. The predicted molar refractivity (Wildman–Crippen MR) is 127 cm³/mol. The molecule has 37 heavy (non-hydrogen) atoms. The predicted octanol–water partition coefficient (Wildman–Crippen LogP) is 4.85. The van der Waals surface area contributed by atoms with Gasteiger partial charge in [0.2, 0.25) is 5.91 Å². The number of carbonyl (C=O) groups excluding carboxylic acids is 3. The van der Waals surface area contributed by atoms with E-state index in [0.717, 1.165) is 29.9 Å². The highest BCUT2D eigenvalue weighted by atomic mass is 19.4. The number of ketones is 1. The van der Waals surface area contributed by atoms with Crippen molar-refractivity contribution in [3.05, 3.63) is 76.5 Å². The first-order chi connectivity index (χ1) is 17.7. The topological polar surface area (TPSA) is 93.5 Å². The fraction of sp³-hybridized carbons (Fsp3) is 0.333. The van der Waals surface area contributed by atoms with Crippen LogP contribution in [0, 0.1) is 11.3 Å². The minimum atomic E-state index is -4.62. The summed E-state index contributed by atoms with van der Waals surface area (Å²) in [6.07, 6.45) is -1.96. The molecule has 1 saturated carbocycles. The number of anilines is 1. The van der Waals surface area contributed by atoms with E-state index in [1.54, 1.807) is 24.3 Å². The van der Waals surface area contributed by atoms with Crippen LogP contribution in [0.2, 0.25) is 0 Å². The van der Waals surface area contributed by atoms with Crippen molar-refractivity contribution < 1.29 is 27.6 Å². The number of benzene rings is 2. The SMILES string of the molecule is N#Cc1ccc(C2C3=C(CCCC3=O)N(c3cccc(C(F)(F)F)c3)C(=O)N2CC(=O)NC2CC2)cc1. The van der Waals surface area contributed by atoms with Crippen LogP contribution < -0.4 is 10.2 Å². The first-order valence-corrected chi connectivity index (χ1v) is 12.0. The van der Waals surface area contributed by atoms with E-state index in [2.05, 4.69) is 5.32 Å². The van der Waals surface area contributed by atoms with E-state index < -0.39 is 29.7 Å². The van der Waals surface area contributed by atoms with Crippen molar-refractivity contribution in [2.75, 3.05) is 11.4 Å². The van der Waals surface area contributed by atoms with E-state index in [1.165, 1.54) is 17.0 Å². The minimum Gasteiger partial charge on any atom is -0.352 e. The quantitative estimate of drug-likeness (QED) is 0.625. The summed E-state index contributed by atoms with van der Waals surface area (Å²) in [4.78, 5) is 42.5. The Kier molecular flexibility index (Phi) is 6.23. The van der Waals surface area contributed by atoms with Gasteiger partial charge in [-0.15, -0.1) is 0 Å². The van der Waals surface area contributed by atoms with E-state index in [-0.39, 0.29) is 36.1 Å². The number of amides is 3. The number of nitrogens with zero attached hydrogens (tertiary/aromatic N) is 3. The monoisotopic (exact) mass is 508 g/mol. The largest absolute Gasteiger partial charge is 0.416 e. The van der Waals surface area contributed by atoms with Crippen molar-refractivity contribution in [3.8, 4) is 6.07 Å². The normalized spacial score (nSPS) is 20.0. The van der Waals surface area contributed by atoms with Gasteiger partial charge in [-0.25, -0.2) is 4.79 Å². The lowest BCUT2D eigenvalue weighted by molar-refractivity contribution is -0.137. The molecule has 0 aromatic heterocycles. The number of hydrogen-bond acceptors (Lipinski definition) is 4. The van der Waals surface area contributed by atoms with Gasteiger partial charge in [0.1, 0.15) is 6.54 Å². The van der Waals surface area contributed by atoms with Gasteiger partial charge in [0, 0.05) is 23.7 Å². The van der Waals surface area contributed by atoms with Gasteiger partial charge in [-0.2, -0.15) is 18.4 Å². The summed E-state index contributed by atoms with van der Waals surface area (Å²) in [5, 5.41) is 12.0. The molecule has 10 heteroatoms. The third-order valence-corrected chi connectivity index (χ3v) is 6.76. The summed E-state index contributed by atoms with van der Waals surface area (Å²) in [5.74, 6) is -0.640. The van der Waals surface area contributed by atoms with Gasteiger partial charge in [0.25, 0.3) is 0 Å². The number of alkyl halides is 3. The second kappa shape index (κ2) is 9.39. The van der Waals surface area contributed by atoms with Crippen LogP contribution in [0.25, 0.3) is 0 Å². The molecule has 2 aromatic carbocycles. The Hall–Kier alpha value is -4.13. The Bertz CT molecular complexity index is 1340. The molecule has 0 spiro atoms. The maximum atomic E-state index is 14.0. The first kappa shape index (κ1) is 24.6. The van der Waals surface area contributed by atoms with Gasteiger partial charge >= 0.3 is 12.2 Å². The molecule has 1 atom stereocenters. The smallest absolute Gasteiger partial charge is 0.352 e. The lowest BCUT2D eigenvalue weighted by atomic mass is 9.83. The van der Waals surface area contributed by atoms with Crippen LogP contribution >= 0.6 is 0 Å². The third-order valence-electron chi connectivity index (χ3n) is 6.76. The number of urea groups is 1. The molecule has 1 fully saturated rings. The Morgan fingerprint density at radius 2 is 1.81 bits per heavy atom. The molecular formula is C27H23F3N4O3. The molecule has 3 amide bonds. The molecule has 0 saturated heterocycles. The molecular weight excluding hydrogens is 485 g/mol. The van der Waals surface area contributed by atoms with Crippen molar-refractivity contribution in [1.29, 1.82) is 5.26 Å². The van der Waals surface area contributed by atoms with Gasteiger partial charge in [-0.05, 0) is 61.6 Å². The average molecular weight is 509 g/mol. The number of hydrogen-bond donors (Lipinski definition) is 1. The van der Waals surface area contributed by atoms with Crippen molar-refractivity contribution in [2.24, 2.45) is 0 Å². The second-order valence-corrected chi connectivity index (χ2v) is 9.41. The molecule has 0 radical (unpaired) electrons. The van der Waals surface area contributed by atoms with Gasteiger partial charge in [-0.3, -0.25) is 14.5 Å². The number of allylic oxidation sites excluding steroid dienone is 1. The number of Topliss-reactive ketones (excluding diaryl/α,β-unsaturated/α-hetero) is 1. The summed E-state index contributed by atoms with van der Waals surface area (Å²) in [7, 11) is 0. The Labute approximate surface area is 211 Å². The van der Waals surface area contributed by atoms with Crippen molar-refractivity contribution in [3.63, 3.8) is 0 Å². The molecule has 5 rings (SSSR count). The van der Waals surface area contributed by atoms with Crippen molar-refractivity contribution in [2.45, 2.75) is 50.4 Å². The zero-order valence-electron chi connectivity index (χ0n) is 19.7. The standard InChI is InChI=1S/C27H23F3N4O3/c28-27(29,30)18-3-1-4-20(13-18)34-21-5-2-6-22(35)24(21)25(17-9-7-16(14-31)8-10-17)33(26(34)37)15-23(36)32-19-11-12-19/h1,3-4,7-10,13,19,25H,2,5-6,11-12,15H2,(H,32,36). The number of nitriles is 1. The number of halogens is 3. The molecule has 7 nitrogen and oxygen atoms in total. The van der Waals surface area contributed by atoms with E-state index >= 15 is 0 Å². The highest BCUT2D eigenvalue weighted by Gasteiger charge is 2.45. The maximum Gasteiger partial charge on any atom is 0.416 e. The molecule has 1 aliphatic heterocycles. The average Bonchev–Trinajstić information content (AvgIpc) is 3.68. The van der Waals surface area contributed by atoms with Crippen LogP contribution in [-0.4, -0.2) is 35.2 Å². The molecule has 1 N–H and O–H groups in total. The van der Waals surface area contributed by atoms with Crippen LogP contribution in [0.15, 0.2) is 59.8 Å². The van der Waals surface area contributed by atoms with Crippen LogP contribution in [0.3, 0.4) is 0 Å². The number of rotatable bonds is 5. The lowest BCUT2D eigenvalue weighted by Crippen LogP contribution is -2.54. The first-order valence-electron chi connectivity index (χ1n) is 12.0. The minimum absolute atomic E-state index is 0.0205. The van der Waals surface area contributed by atoms with Crippen LogP contribution in [0.1, 0.15) is 54.8 Å². The van der Waals surface area contributed by atoms with Gasteiger partial charge < -0.3 is 10.2 Å². The lowest BCUT2D eigenvalue weighted by Gasteiger charge is -2.45. The van der Waals surface area contributed by atoms with E-state index in [4.69, 9.17) is 0 Å². The zero-order valence-corrected chi connectivity index (χ0v) is 19.7. The van der Waals surface area contributed by atoms with Crippen LogP contribution in [0.4, 0.5) is 23.7 Å². The summed E-state index contributed by atoms with van der Waals surface area (Å²) < 4.78 is 40.5. The van der Waals surface area contributed by atoms with E-state index in [0.29, 0.717) is 29.7 Å². The molecule has 1 heterocycles. The zero-order chi connectivity index (χ0) is 26.3. The fourth-order valence-corrected chi connectivity index (χ4v) is 4.89. The van der Waals surface area contributed by atoms with Crippen molar-refractivity contribution >= 4 is 23.4 Å². The Morgan fingerprint density at radius 3 is 2.46 bits per heavy atom. The van der Waals surface area contributed by atoms with Gasteiger partial charge in [0.05, 0.1) is 28.9 Å². The third kappa shape index (κ3) is 4.81. The molecule has 3 aliphatic rings. The fourth-order valence-electron chi connectivity index (χ4n) is 4.89. The Balaban J connectivity index is 1.66. The molecule has 190 valence electrons. The molecule has 2 aromatic rings. The summed E-state index contributed by atoms with van der Waals surface area (Å²) in [6.45, 7) is -0.375. The van der Waals surface area contributed by atoms with Gasteiger partial charge in [-0.1, -0.05) is 18.2 Å². The summed E-state index contributed by atoms with van der Waals surface area (Å²) >= 11 is 0. The summed E-state index contributed by atoms with van der Waals surface area (Å²) in [6, 6.07) is 11.3.